The first kappa shape index (κ1) is 19.2. The van der Waals surface area contributed by atoms with Gasteiger partial charge in [0.25, 0.3) is 0 Å². The Morgan fingerprint density at radius 3 is 2.89 bits per heavy atom. The third-order valence-electron chi connectivity index (χ3n) is 5.23. The minimum atomic E-state index is 0.665. The highest BCUT2D eigenvalue weighted by atomic mass is 35.5. The van der Waals surface area contributed by atoms with Crippen LogP contribution in [-0.2, 0) is 4.74 Å². The zero-order valence-electron chi connectivity index (χ0n) is 16.1. The van der Waals surface area contributed by atoms with Crippen LogP contribution < -0.4 is 15.4 Å². The van der Waals surface area contributed by atoms with E-state index < -0.39 is 0 Å². The summed E-state index contributed by atoms with van der Waals surface area (Å²) in [6.07, 6.45) is 2.21. The van der Waals surface area contributed by atoms with E-state index in [-0.39, 0.29) is 0 Å². The molecule has 0 spiro atoms. The summed E-state index contributed by atoms with van der Waals surface area (Å²) in [4.78, 5) is 4.77. The van der Waals surface area contributed by atoms with Crippen molar-refractivity contribution in [1.82, 2.24) is 10.3 Å². The largest absolute Gasteiger partial charge is 0.497 e. The highest BCUT2D eigenvalue weighted by Gasteiger charge is 2.14. The number of rotatable bonds is 8. The zero-order chi connectivity index (χ0) is 19.3. The molecule has 1 fully saturated rings. The number of benzene rings is 2. The van der Waals surface area contributed by atoms with Crippen LogP contribution in [0.3, 0.4) is 0 Å². The molecule has 2 heterocycles. The monoisotopic (exact) mass is 399 g/mol. The van der Waals surface area contributed by atoms with Crippen molar-refractivity contribution in [3.8, 4) is 5.75 Å². The average Bonchev–Trinajstić information content (AvgIpc) is 3.22. The van der Waals surface area contributed by atoms with Crippen LogP contribution in [0, 0.1) is 5.92 Å². The topological polar surface area (TPSA) is 55.4 Å². The van der Waals surface area contributed by atoms with E-state index in [1.807, 2.05) is 36.4 Å². The minimum Gasteiger partial charge on any atom is -0.497 e. The van der Waals surface area contributed by atoms with Crippen LogP contribution in [0.25, 0.3) is 21.8 Å². The van der Waals surface area contributed by atoms with Crippen molar-refractivity contribution >= 4 is 39.1 Å². The molecule has 0 radical (unpaired) electrons. The van der Waals surface area contributed by atoms with Gasteiger partial charge in [-0.2, -0.15) is 0 Å². The van der Waals surface area contributed by atoms with Gasteiger partial charge in [-0.1, -0.05) is 11.6 Å². The molecule has 1 saturated heterocycles. The van der Waals surface area contributed by atoms with E-state index in [0.717, 1.165) is 72.5 Å². The van der Waals surface area contributed by atoms with Crippen molar-refractivity contribution in [2.24, 2.45) is 5.92 Å². The van der Waals surface area contributed by atoms with E-state index in [1.54, 1.807) is 7.11 Å². The van der Waals surface area contributed by atoms with Gasteiger partial charge >= 0.3 is 0 Å². The Labute approximate surface area is 170 Å². The summed E-state index contributed by atoms with van der Waals surface area (Å²) in [6.45, 7) is 4.70. The number of methoxy groups -OCH3 is 1. The third-order valence-corrected chi connectivity index (χ3v) is 5.47. The fraction of sp³-hybridized carbons (Fsp3) is 0.409. The molecule has 0 aliphatic carbocycles. The molecule has 5 nitrogen and oxygen atoms in total. The predicted molar refractivity (Wildman–Crippen MR) is 116 cm³/mol. The first-order chi connectivity index (χ1) is 13.7. The SMILES string of the molecule is COc1ccc2nc3cc(Cl)ccc3c(NCCCNCC3CCOC3)c2c1. The van der Waals surface area contributed by atoms with Gasteiger partial charge in [-0.25, -0.2) is 4.98 Å². The molecule has 28 heavy (non-hydrogen) atoms. The van der Waals surface area contributed by atoms with Crippen molar-refractivity contribution in [2.45, 2.75) is 12.8 Å². The molecular formula is C22H26ClN3O2. The molecule has 4 rings (SSSR count). The van der Waals surface area contributed by atoms with Crippen LogP contribution in [0.1, 0.15) is 12.8 Å². The molecule has 0 amide bonds. The van der Waals surface area contributed by atoms with Gasteiger partial charge in [0.15, 0.2) is 0 Å². The second-order valence-corrected chi connectivity index (χ2v) is 7.68. The van der Waals surface area contributed by atoms with Gasteiger partial charge in [0.1, 0.15) is 5.75 Å². The maximum Gasteiger partial charge on any atom is 0.119 e. The Morgan fingerprint density at radius 1 is 1.14 bits per heavy atom. The van der Waals surface area contributed by atoms with E-state index in [1.165, 1.54) is 6.42 Å². The number of nitrogens with one attached hydrogen (secondary N) is 2. The maximum absolute atomic E-state index is 6.19. The van der Waals surface area contributed by atoms with Crippen LogP contribution in [0.4, 0.5) is 5.69 Å². The van der Waals surface area contributed by atoms with Crippen LogP contribution in [-0.4, -0.2) is 44.9 Å². The molecule has 2 aromatic carbocycles. The molecule has 3 aromatic rings. The van der Waals surface area contributed by atoms with E-state index in [0.29, 0.717) is 10.9 Å². The van der Waals surface area contributed by atoms with Crippen molar-refractivity contribution in [1.29, 1.82) is 0 Å². The molecule has 6 heteroatoms. The lowest BCUT2D eigenvalue weighted by atomic mass is 10.1. The third kappa shape index (κ3) is 4.32. The van der Waals surface area contributed by atoms with Crippen molar-refractivity contribution in [3.05, 3.63) is 41.4 Å². The van der Waals surface area contributed by atoms with E-state index in [2.05, 4.69) is 10.6 Å². The lowest BCUT2D eigenvalue weighted by Gasteiger charge is -2.15. The fourth-order valence-corrected chi connectivity index (χ4v) is 3.86. The molecule has 0 saturated carbocycles. The molecule has 2 N–H and O–H groups in total. The number of halogens is 1. The van der Waals surface area contributed by atoms with Crippen molar-refractivity contribution < 1.29 is 9.47 Å². The second kappa shape index (κ2) is 8.95. The van der Waals surface area contributed by atoms with Gasteiger partial charge in [0.05, 0.1) is 30.4 Å². The molecule has 1 unspecified atom stereocenters. The molecule has 0 bridgehead atoms. The summed E-state index contributed by atoms with van der Waals surface area (Å²) in [5.74, 6) is 1.49. The number of fused-ring (bicyclic) bond motifs is 2. The molecular weight excluding hydrogens is 374 g/mol. The van der Waals surface area contributed by atoms with Gasteiger partial charge in [-0.15, -0.1) is 0 Å². The van der Waals surface area contributed by atoms with Gasteiger partial charge in [0, 0.05) is 35.5 Å². The Balaban J connectivity index is 1.49. The lowest BCUT2D eigenvalue weighted by Crippen LogP contribution is -2.25. The Kier molecular flexibility index (Phi) is 6.15. The molecule has 1 atom stereocenters. The Bertz CT molecular complexity index is 957. The zero-order valence-corrected chi connectivity index (χ0v) is 16.9. The van der Waals surface area contributed by atoms with Gasteiger partial charge in [-0.3, -0.25) is 0 Å². The fourth-order valence-electron chi connectivity index (χ4n) is 3.69. The van der Waals surface area contributed by atoms with Crippen molar-refractivity contribution in [3.63, 3.8) is 0 Å². The van der Waals surface area contributed by atoms with E-state index in [9.17, 15) is 0 Å². The first-order valence-corrected chi connectivity index (χ1v) is 10.2. The number of ether oxygens (including phenoxy) is 2. The van der Waals surface area contributed by atoms with E-state index >= 15 is 0 Å². The van der Waals surface area contributed by atoms with Gasteiger partial charge in [0.2, 0.25) is 0 Å². The lowest BCUT2D eigenvalue weighted by molar-refractivity contribution is 0.185. The first-order valence-electron chi connectivity index (χ1n) is 9.84. The predicted octanol–water partition coefficient (Wildman–Crippen LogP) is 4.48. The van der Waals surface area contributed by atoms with Gasteiger partial charge < -0.3 is 20.1 Å². The van der Waals surface area contributed by atoms with Crippen LogP contribution in [0.15, 0.2) is 36.4 Å². The van der Waals surface area contributed by atoms with E-state index in [4.69, 9.17) is 26.1 Å². The Morgan fingerprint density at radius 2 is 2.07 bits per heavy atom. The summed E-state index contributed by atoms with van der Waals surface area (Å²) in [7, 11) is 1.68. The van der Waals surface area contributed by atoms with Crippen LogP contribution in [0.5, 0.6) is 5.75 Å². The quantitative estimate of drug-likeness (QED) is 0.432. The number of pyridine rings is 1. The van der Waals surface area contributed by atoms with Crippen LogP contribution in [0.2, 0.25) is 5.02 Å². The highest BCUT2D eigenvalue weighted by Crippen LogP contribution is 2.34. The normalized spacial score (nSPS) is 16.7. The summed E-state index contributed by atoms with van der Waals surface area (Å²) in [5.41, 5.74) is 2.91. The molecule has 1 aliphatic heterocycles. The summed E-state index contributed by atoms with van der Waals surface area (Å²) < 4.78 is 10.8. The highest BCUT2D eigenvalue weighted by molar-refractivity contribution is 6.31. The second-order valence-electron chi connectivity index (χ2n) is 7.25. The number of aromatic nitrogens is 1. The minimum absolute atomic E-state index is 0.665. The van der Waals surface area contributed by atoms with Crippen LogP contribution >= 0.6 is 11.6 Å². The van der Waals surface area contributed by atoms with Gasteiger partial charge in [-0.05, 0) is 61.7 Å². The number of nitrogens with zero attached hydrogens (tertiary/aromatic N) is 1. The van der Waals surface area contributed by atoms with Crippen molar-refractivity contribution in [2.75, 3.05) is 45.3 Å². The standard InChI is InChI=1S/C22H26ClN3O2/c1-27-17-4-6-20-19(12-17)22(18-5-3-16(23)11-21(18)26-20)25-9-2-8-24-13-15-7-10-28-14-15/h3-6,11-12,15,24H,2,7-10,13-14H2,1H3,(H,25,26). The average molecular weight is 400 g/mol. The number of anilines is 1. The molecule has 1 aliphatic rings. The summed E-state index contributed by atoms with van der Waals surface area (Å²) in [5, 5.41) is 9.99. The Hall–Kier alpha value is -2.08. The number of hydrogen-bond acceptors (Lipinski definition) is 5. The smallest absolute Gasteiger partial charge is 0.119 e. The maximum atomic E-state index is 6.19. The summed E-state index contributed by atoms with van der Waals surface area (Å²) in [6, 6.07) is 11.8. The molecule has 1 aromatic heterocycles. The molecule has 148 valence electrons. The number of hydrogen-bond donors (Lipinski definition) is 2. The summed E-state index contributed by atoms with van der Waals surface area (Å²) >= 11 is 6.19.